The Balaban J connectivity index is 1.36. The zero-order valence-corrected chi connectivity index (χ0v) is 18.7. The third-order valence-electron chi connectivity index (χ3n) is 5.76. The van der Waals surface area contributed by atoms with Gasteiger partial charge < -0.3 is 25.6 Å². The van der Waals surface area contributed by atoms with Crippen molar-refractivity contribution in [2.24, 2.45) is 5.92 Å². The molecule has 172 valence electrons. The predicted octanol–water partition coefficient (Wildman–Crippen LogP) is 2.88. The van der Waals surface area contributed by atoms with Crippen LogP contribution in [0.4, 0.5) is 35.0 Å². The number of ether oxygens (including phenoxy) is 1. The number of hydrogen-bond acceptors (Lipinski definition) is 9. The molecule has 2 aliphatic rings. The summed E-state index contributed by atoms with van der Waals surface area (Å²) < 4.78 is 5.46. The van der Waals surface area contributed by atoms with Gasteiger partial charge in [-0.2, -0.15) is 20.1 Å². The lowest BCUT2D eigenvalue weighted by atomic mass is 10.2. The van der Waals surface area contributed by atoms with E-state index in [2.05, 4.69) is 46.0 Å². The van der Waals surface area contributed by atoms with Gasteiger partial charge in [-0.1, -0.05) is 0 Å². The number of carbonyl (C=O) groups is 1. The number of aromatic nitrogens is 5. The molecule has 1 saturated heterocycles. The van der Waals surface area contributed by atoms with Crippen LogP contribution in [-0.2, 0) is 9.53 Å². The third kappa shape index (κ3) is 5.03. The zero-order valence-electron chi connectivity index (χ0n) is 18.7. The molecule has 1 aromatic carbocycles. The molecule has 3 heterocycles. The summed E-state index contributed by atoms with van der Waals surface area (Å²) in [5, 5.41) is 16.6. The van der Waals surface area contributed by atoms with Gasteiger partial charge in [-0.05, 0) is 51.0 Å². The van der Waals surface area contributed by atoms with E-state index in [0.29, 0.717) is 50.0 Å². The maximum absolute atomic E-state index is 12.0. The highest BCUT2D eigenvalue weighted by Gasteiger charge is 2.29. The van der Waals surface area contributed by atoms with E-state index in [0.717, 1.165) is 35.5 Å². The second kappa shape index (κ2) is 9.02. The largest absolute Gasteiger partial charge is 0.378 e. The van der Waals surface area contributed by atoms with E-state index < -0.39 is 0 Å². The first-order valence-electron chi connectivity index (χ1n) is 11.1. The molecule has 0 radical (unpaired) electrons. The Hall–Kier alpha value is -3.73. The third-order valence-corrected chi connectivity index (χ3v) is 5.76. The Kier molecular flexibility index (Phi) is 5.78. The van der Waals surface area contributed by atoms with Gasteiger partial charge in [-0.3, -0.25) is 9.89 Å². The van der Waals surface area contributed by atoms with Gasteiger partial charge in [-0.25, -0.2) is 0 Å². The Morgan fingerprint density at radius 2 is 1.67 bits per heavy atom. The molecule has 33 heavy (non-hydrogen) atoms. The molecule has 2 aromatic heterocycles. The van der Waals surface area contributed by atoms with Crippen LogP contribution < -0.4 is 20.9 Å². The van der Waals surface area contributed by atoms with Gasteiger partial charge in [0.1, 0.15) is 0 Å². The smallest absolute Gasteiger partial charge is 0.235 e. The van der Waals surface area contributed by atoms with Gasteiger partial charge in [0.2, 0.25) is 23.8 Å². The van der Waals surface area contributed by atoms with Crippen molar-refractivity contribution in [1.82, 2.24) is 25.1 Å². The average molecular weight is 450 g/mol. The lowest BCUT2D eigenvalue weighted by molar-refractivity contribution is -0.117. The first-order chi connectivity index (χ1) is 16.0. The molecule has 1 aliphatic carbocycles. The summed E-state index contributed by atoms with van der Waals surface area (Å²) in [6, 6.07) is 7.49. The SMILES string of the molecule is Cc1[nH]nc(Nc2nc(Nc3ccc(NC(=O)C4CC4)cc3)nc(N3CCOCC3)n2)c1C. The lowest BCUT2D eigenvalue weighted by Crippen LogP contribution is -2.37. The number of nitrogens with zero attached hydrogens (tertiary/aromatic N) is 5. The van der Waals surface area contributed by atoms with Crippen molar-refractivity contribution in [2.45, 2.75) is 26.7 Å². The number of aryl methyl sites for hydroxylation is 1. The van der Waals surface area contributed by atoms with Crippen LogP contribution in [0.25, 0.3) is 0 Å². The molecule has 3 aromatic rings. The second-order valence-corrected chi connectivity index (χ2v) is 8.30. The second-order valence-electron chi connectivity index (χ2n) is 8.30. The normalized spacial score (nSPS) is 15.9. The molecule has 4 N–H and O–H groups in total. The molecule has 0 bridgehead atoms. The van der Waals surface area contributed by atoms with Gasteiger partial charge in [0, 0.05) is 41.6 Å². The van der Waals surface area contributed by atoms with Gasteiger partial charge in [0.25, 0.3) is 0 Å². The van der Waals surface area contributed by atoms with Crippen molar-refractivity contribution >= 4 is 40.9 Å². The van der Waals surface area contributed by atoms with Crippen molar-refractivity contribution in [3.8, 4) is 0 Å². The van der Waals surface area contributed by atoms with E-state index in [9.17, 15) is 4.79 Å². The number of carbonyl (C=O) groups excluding carboxylic acids is 1. The minimum absolute atomic E-state index is 0.0861. The Morgan fingerprint density at radius 3 is 2.30 bits per heavy atom. The highest BCUT2D eigenvalue weighted by molar-refractivity contribution is 5.94. The van der Waals surface area contributed by atoms with Crippen LogP contribution in [0.2, 0.25) is 0 Å². The topological polar surface area (TPSA) is 133 Å². The van der Waals surface area contributed by atoms with Crippen molar-refractivity contribution in [3.63, 3.8) is 0 Å². The monoisotopic (exact) mass is 449 g/mol. The first-order valence-corrected chi connectivity index (χ1v) is 11.1. The molecule has 11 nitrogen and oxygen atoms in total. The Labute approximate surface area is 191 Å². The van der Waals surface area contributed by atoms with Crippen LogP contribution in [0.1, 0.15) is 24.1 Å². The highest BCUT2D eigenvalue weighted by atomic mass is 16.5. The molecule has 1 amide bonds. The molecule has 5 rings (SSSR count). The number of nitrogens with one attached hydrogen (secondary N) is 4. The van der Waals surface area contributed by atoms with E-state index in [1.54, 1.807) is 0 Å². The van der Waals surface area contributed by atoms with Gasteiger partial charge >= 0.3 is 0 Å². The number of morpholine rings is 1. The quantitative estimate of drug-likeness (QED) is 0.430. The Morgan fingerprint density at radius 1 is 1.00 bits per heavy atom. The standard InChI is InChI=1S/C22H27N9O2/c1-13-14(2)29-30-18(13)25-21-26-20(27-22(28-21)31-9-11-33-12-10-31)24-17-7-5-16(6-8-17)23-19(32)15-3-4-15/h5-8,15H,3-4,9-12H2,1-2H3,(H,23,32)(H3,24,25,26,27,28,29,30). The van der Waals surface area contributed by atoms with Gasteiger partial charge in [0.05, 0.1) is 13.2 Å². The molecule has 1 aliphatic heterocycles. The molecule has 0 spiro atoms. The van der Waals surface area contributed by atoms with Crippen LogP contribution in [0.5, 0.6) is 0 Å². The molecule has 2 fully saturated rings. The summed E-state index contributed by atoms with van der Waals surface area (Å²) in [5.41, 5.74) is 3.55. The fraction of sp³-hybridized carbons (Fsp3) is 0.409. The first kappa shape index (κ1) is 21.1. The zero-order chi connectivity index (χ0) is 22.8. The van der Waals surface area contributed by atoms with Crippen LogP contribution in [0, 0.1) is 19.8 Å². The molecule has 1 saturated carbocycles. The van der Waals surface area contributed by atoms with E-state index in [1.165, 1.54) is 0 Å². The highest BCUT2D eigenvalue weighted by Crippen LogP contribution is 2.30. The maximum atomic E-state index is 12.0. The van der Waals surface area contributed by atoms with Crippen molar-refractivity contribution in [3.05, 3.63) is 35.5 Å². The van der Waals surface area contributed by atoms with Gasteiger partial charge in [-0.15, -0.1) is 0 Å². The summed E-state index contributed by atoms with van der Waals surface area (Å²) in [7, 11) is 0. The molecule has 0 unspecified atom stereocenters. The molecular weight excluding hydrogens is 422 g/mol. The number of hydrogen-bond donors (Lipinski definition) is 4. The number of aromatic amines is 1. The number of amides is 1. The fourth-order valence-corrected chi connectivity index (χ4v) is 3.45. The molecular formula is C22H27N9O2. The molecule has 0 atom stereocenters. The van der Waals surface area contributed by atoms with Crippen molar-refractivity contribution in [1.29, 1.82) is 0 Å². The Bertz CT molecular complexity index is 1140. The number of rotatable bonds is 7. The summed E-state index contributed by atoms with van der Waals surface area (Å²) in [4.78, 5) is 27.8. The van der Waals surface area contributed by atoms with E-state index in [-0.39, 0.29) is 11.8 Å². The van der Waals surface area contributed by atoms with Crippen molar-refractivity contribution in [2.75, 3.05) is 47.2 Å². The van der Waals surface area contributed by atoms with Crippen molar-refractivity contribution < 1.29 is 9.53 Å². The maximum Gasteiger partial charge on any atom is 0.235 e. The van der Waals surface area contributed by atoms with E-state index in [1.807, 2.05) is 38.1 Å². The fourth-order valence-electron chi connectivity index (χ4n) is 3.45. The number of benzene rings is 1. The number of H-pyrrole nitrogens is 1. The summed E-state index contributed by atoms with van der Waals surface area (Å²) in [5.74, 6) is 2.30. The minimum Gasteiger partial charge on any atom is -0.378 e. The average Bonchev–Trinajstić information content (AvgIpc) is 3.64. The minimum atomic E-state index is 0.0861. The summed E-state index contributed by atoms with van der Waals surface area (Å²) in [6.07, 6.45) is 1.95. The molecule has 11 heteroatoms. The van der Waals surface area contributed by atoms with Crippen LogP contribution >= 0.6 is 0 Å². The lowest BCUT2D eigenvalue weighted by Gasteiger charge is -2.27. The van der Waals surface area contributed by atoms with E-state index in [4.69, 9.17) is 4.74 Å². The van der Waals surface area contributed by atoms with Gasteiger partial charge in [0.15, 0.2) is 5.82 Å². The van der Waals surface area contributed by atoms with Crippen LogP contribution in [0.3, 0.4) is 0 Å². The van der Waals surface area contributed by atoms with Crippen LogP contribution in [0.15, 0.2) is 24.3 Å². The summed E-state index contributed by atoms with van der Waals surface area (Å²) in [6.45, 7) is 6.61. The predicted molar refractivity (Wildman–Crippen MR) is 125 cm³/mol. The number of anilines is 6. The summed E-state index contributed by atoms with van der Waals surface area (Å²) >= 11 is 0. The van der Waals surface area contributed by atoms with E-state index >= 15 is 0 Å². The van der Waals surface area contributed by atoms with Crippen LogP contribution in [-0.4, -0.2) is 57.4 Å².